The number of nitro groups is 1. The van der Waals surface area contributed by atoms with Gasteiger partial charge in [-0.15, -0.1) is 0 Å². The molecule has 0 radical (unpaired) electrons. The van der Waals surface area contributed by atoms with Crippen molar-refractivity contribution in [3.05, 3.63) is 46.3 Å². The van der Waals surface area contributed by atoms with Gasteiger partial charge >= 0.3 is 0 Å². The van der Waals surface area contributed by atoms with Crippen LogP contribution in [0.1, 0.15) is 10.5 Å². The minimum Gasteiger partial charge on any atom is -0.505 e. The number of aromatic nitrogens is 2. The monoisotopic (exact) mass is 248 g/mol. The predicted molar refractivity (Wildman–Crippen MR) is 61.3 cm³/mol. The van der Waals surface area contributed by atoms with Gasteiger partial charge in [-0.25, -0.2) is 0 Å². The molecule has 0 saturated carbocycles. The molecule has 0 saturated heterocycles. The van der Waals surface area contributed by atoms with E-state index in [0.29, 0.717) is 0 Å². The second-order valence-electron chi connectivity index (χ2n) is 3.35. The van der Waals surface area contributed by atoms with Crippen LogP contribution in [0.25, 0.3) is 0 Å². The fourth-order valence-electron chi connectivity index (χ4n) is 1.37. The second-order valence-corrected chi connectivity index (χ2v) is 3.35. The number of phenolic OH excluding ortho intramolecular Hbond substituents is 1. The molecule has 2 aromatic rings. The van der Waals surface area contributed by atoms with E-state index in [2.05, 4.69) is 15.5 Å². The van der Waals surface area contributed by atoms with Gasteiger partial charge in [-0.2, -0.15) is 5.10 Å². The largest absolute Gasteiger partial charge is 0.505 e. The highest BCUT2D eigenvalue weighted by Crippen LogP contribution is 2.33. The molecule has 0 aliphatic heterocycles. The second kappa shape index (κ2) is 4.53. The number of phenols is 1. The molecular weight excluding hydrogens is 240 g/mol. The van der Waals surface area contributed by atoms with Crippen molar-refractivity contribution in [2.24, 2.45) is 0 Å². The van der Waals surface area contributed by atoms with E-state index in [0.717, 1.165) is 0 Å². The zero-order valence-corrected chi connectivity index (χ0v) is 8.95. The Labute approximate surface area is 100 Å². The highest BCUT2D eigenvalue weighted by atomic mass is 16.6. The van der Waals surface area contributed by atoms with Crippen LogP contribution in [0.5, 0.6) is 5.75 Å². The predicted octanol–water partition coefficient (Wildman–Crippen LogP) is 1.28. The molecule has 0 aliphatic rings. The number of hydrogen-bond donors (Lipinski definition) is 3. The molecule has 1 aromatic heterocycles. The lowest BCUT2D eigenvalue weighted by Gasteiger charge is -2.06. The molecule has 2 rings (SSSR count). The zero-order chi connectivity index (χ0) is 13.1. The summed E-state index contributed by atoms with van der Waals surface area (Å²) >= 11 is 0. The molecule has 3 N–H and O–H groups in total. The number of carbonyl (C=O) groups is 1. The van der Waals surface area contributed by atoms with E-state index in [1.54, 1.807) is 0 Å². The summed E-state index contributed by atoms with van der Waals surface area (Å²) in [7, 11) is 0. The number of carbonyl (C=O) groups excluding carboxylic acids is 1. The van der Waals surface area contributed by atoms with Crippen molar-refractivity contribution in [1.29, 1.82) is 0 Å². The highest BCUT2D eigenvalue weighted by Gasteiger charge is 2.20. The van der Waals surface area contributed by atoms with Gasteiger partial charge < -0.3 is 10.4 Å². The van der Waals surface area contributed by atoms with Gasteiger partial charge in [0.05, 0.1) is 4.92 Å². The fraction of sp³-hybridized carbons (Fsp3) is 0. The van der Waals surface area contributed by atoms with Crippen LogP contribution in [-0.2, 0) is 0 Å². The van der Waals surface area contributed by atoms with Crippen LogP contribution < -0.4 is 5.32 Å². The van der Waals surface area contributed by atoms with Crippen LogP contribution in [0, 0.1) is 10.1 Å². The Morgan fingerprint density at radius 3 is 2.83 bits per heavy atom. The number of benzene rings is 1. The molecule has 8 heteroatoms. The number of nitrogens with one attached hydrogen (secondary N) is 2. The Morgan fingerprint density at radius 1 is 1.44 bits per heavy atom. The number of hydrogen-bond acceptors (Lipinski definition) is 5. The summed E-state index contributed by atoms with van der Waals surface area (Å²) in [6, 6.07) is 5.15. The first-order valence-corrected chi connectivity index (χ1v) is 4.86. The molecule has 1 heterocycles. The number of rotatable bonds is 3. The van der Waals surface area contributed by atoms with Gasteiger partial charge in [0.25, 0.3) is 11.6 Å². The summed E-state index contributed by atoms with van der Waals surface area (Å²) in [4.78, 5) is 21.8. The van der Waals surface area contributed by atoms with Crippen molar-refractivity contribution >= 4 is 17.3 Å². The van der Waals surface area contributed by atoms with E-state index >= 15 is 0 Å². The first kappa shape index (κ1) is 11.6. The molecule has 0 aliphatic carbocycles. The molecule has 1 amide bonds. The molecule has 92 valence electrons. The highest BCUT2D eigenvalue weighted by molar-refractivity contribution is 6.05. The van der Waals surface area contributed by atoms with Gasteiger partial charge in [0, 0.05) is 12.3 Å². The molecule has 0 bridgehead atoms. The van der Waals surface area contributed by atoms with Gasteiger partial charge in [-0.05, 0) is 12.1 Å². The number of aromatic hydroxyl groups is 1. The quantitative estimate of drug-likeness (QED) is 0.429. The average molecular weight is 248 g/mol. The van der Waals surface area contributed by atoms with E-state index in [9.17, 15) is 20.0 Å². The van der Waals surface area contributed by atoms with Crippen molar-refractivity contribution in [2.75, 3.05) is 5.32 Å². The van der Waals surface area contributed by atoms with E-state index in [-0.39, 0.29) is 22.8 Å². The Balaban J connectivity index is 2.34. The molecule has 8 nitrogen and oxygen atoms in total. The molecular formula is C10H8N4O4. The molecule has 0 fully saturated rings. The number of amides is 1. The normalized spacial score (nSPS) is 10.0. The van der Waals surface area contributed by atoms with E-state index in [1.807, 2.05) is 0 Å². The smallest absolute Gasteiger partial charge is 0.296 e. The lowest BCUT2D eigenvalue weighted by atomic mass is 10.2. The Kier molecular flexibility index (Phi) is 2.92. The van der Waals surface area contributed by atoms with E-state index in [1.165, 1.54) is 30.5 Å². The van der Waals surface area contributed by atoms with Crippen LogP contribution in [0.4, 0.5) is 11.4 Å². The number of nitrogens with zero attached hydrogens (tertiary/aromatic N) is 2. The maximum absolute atomic E-state index is 11.7. The number of H-pyrrole nitrogens is 1. The third kappa shape index (κ3) is 2.12. The fourth-order valence-corrected chi connectivity index (χ4v) is 1.37. The third-order valence-corrected chi connectivity index (χ3v) is 2.20. The number of para-hydroxylation sites is 1. The van der Waals surface area contributed by atoms with Gasteiger partial charge in [-0.3, -0.25) is 20.0 Å². The Bertz CT molecular complexity index is 594. The van der Waals surface area contributed by atoms with Crippen LogP contribution in [0.3, 0.4) is 0 Å². The minimum absolute atomic E-state index is 0.132. The summed E-state index contributed by atoms with van der Waals surface area (Å²) in [5.74, 6) is -1.01. The first-order valence-electron chi connectivity index (χ1n) is 4.86. The summed E-state index contributed by atoms with van der Waals surface area (Å²) in [6.45, 7) is 0. The van der Waals surface area contributed by atoms with E-state index < -0.39 is 10.8 Å². The van der Waals surface area contributed by atoms with Crippen LogP contribution in [0.15, 0.2) is 30.5 Å². The van der Waals surface area contributed by atoms with Gasteiger partial charge in [0.15, 0.2) is 5.69 Å². The topological polar surface area (TPSA) is 121 Å². The Hall–Kier alpha value is -2.90. The zero-order valence-electron chi connectivity index (χ0n) is 8.95. The van der Waals surface area contributed by atoms with Crippen molar-refractivity contribution in [1.82, 2.24) is 10.2 Å². The lowest BCUT2D eigenvalue weighted by Crippen LogP contribution is -2.13. The maximum atomic E-state index is 11.7. The summed E-state index contributed by atoms with van der Waals surface area (Å²) in [5, 5.41) is 28.6. The molecule has 0 spiro atoms. The van der Waals surface area contributed by atoms with Gasteiger partial charge in [-0.1, -0.05) is 6.07 Å². The van der Waals surface area contributed by atoms with Crippen LogP contribution in [0.2, 0.25) is 0 Å². The summed E-state index contributed by atoms with van der Waals surface area (Å²) < 4.78 is 0. The maximum Gasteiger partial charge on any atom is 0.296 e. The van der Waals surface area contributed by atoms with Crippen molar-refractivity contribution in [3.63, 3.8) is 0 Å². The van der Waals surface area contributed by atoms with Crippen molar-refractivity contribution in [2.45, 2.75) is 0 Å². The lowest BCUT2D eigenvalue weighted by molar-refractivity contribution is -0.384. The standard InChI is InChI=1S/C10H8N4O4/c15-8-3-1-2-7(14(17)18)9(8)12-10(16)6-4-5-11-13-6/h1-5,15H,(H,11,13)(H,12,16). The molecule has 0 atom stereocenters. The number of nitro benzene ring substituents is 1. The third-order valence-electron chi connectivity index (χ3n) is 2.20. The number of anilines is 1. The van der Waals surface area contributed by atoms with Crippen molar-refractivity contribution in [3.8, 4) is 5.75 Å². The van der Waals surface area contributed by atoms with Gasteiger partial charge in [0.1, 0.15) is 11.4 Å². The SMILES string of the molecule is O=C(Nc1c(O)cccc1[N+](=O)[O-])c1ccn[nH]1. The van der Waals surface area contributed by atoms with Crippen LogP contribution in [-0.4, -0.2) is 26.1 Å². The number of aromatic amines is 1. The minimum atomic E-state index is -0.692. The van der Waals surface area contributed by atoms with E-state index in [4.69, 9.17) is 0 Å². The molecule has 1 aromatic carbocycles. The Morgan fingerprint density at radius 2 is 2.22 bits per heavy atom. The first-order chi connectivity index (χ1) is 8.59. The van der Waals surface area contributed by atoms with Crippen molar-refractivity contribution < 1.29 is 14.8 Å². The van der Waals surface area contributed by atoms with Crippen LogP contribution >= 0.6 is 0 Å². The molecule has 0 unspecified atom stereocenters. The summed E-state index contributed by atoms with van der Waals surface area (Å²) in [5.41, 5.74) is -0.502. The molecule has 18 heavy (non-hydrogen) atoms. The van der Waals surface area contributed by atoms with Gasteiger partial charge in [0.2, 0.25) is 0 Å². The average Bonchev–Trinajstić information content (AvgIpc) is 2.85. The summed E-state index contributed by atoms with van der Waals surface area (Å²) in [6.07, 6.45) is 1.37.